The highest BCUT2D eigenvalue weighted by atomic mass is 19.1. The van der Waals surface area contributed by atoms with Gasteiger partial charge in [-0.25, -0.2) is 4.39 Å². The Balaban J connectivity index is 3.09. The number of benzene rings is 1. The van der Waals surface area contributed by atoms with E-state index >= 15 is 0 Å². The Labute approximate surface area is 66.4 Å². The van der Waals surface area contributed by atoms with Gasteiger partial charge >= 0.3 is 0 Å². The van der Waals surface area contributed by atoms with Gasteiger partial charge in [0.1, 0.15) is 6.67 Å². The number of hydrogen-bond donors (Lipinski definition) is 0. The van der Waals surface area contributed by atoms with Crippen LogP contribution in [0.4, 0.5) is 4.39 Å². The van der Waals surface area contributed by atoms with Gasteiger partial charge in [-0.05, 0) is 23.6 Å². The van der Waals surface area contributed by atoms with Crippen LogP contribution in [0.2, 0.25) is 0 Å². The fraction of sp³-hybridized carbons (Fsp3) is 0.200. The molecule has 0 aliphatic heterocycles. The van der Waals surface area contributed by atoms with Crippen molar-refractivity contribution in [3.63, 3.8) is 0 Å². The van der Waals surface area contributed by atoms with Crippen LogP contribution in [0.25, 0.3) is 6.08 Å². The lowest BCUT2D eigenvalue weighted by Gasteiger charge is -2.00. The Morgan fingerprint density at radius 1 is 1.55 bits per heavy atom. The standard InChI is InChI=1S/C10H11F/c1-3-10-5-4-9(7-11)6-8(10)2/h3-6H,1,7H2,2H3. The summed E-state index contributed by atoms with van der Waals surface area (Å²) in [6.07, 6.45) is 1.78. The molecule has 1 aromatic rings. The molecule has 58 valence electrons. The predicted molar refractivity (Wildman–Crippen MR) is 46.1 cm³/mol. The van der Waals surface area contributed by atoms with Gasteiger partial charge in [0.2, 0.25) is 0 Å². The highest BCUT2D eigenvalue weighted by Crippen LogP contribution is 2.12. The van der Waals surface area contributed by atoms with E-state index in [9.17, 15) is 4.39 Å². The lowest BCUT2D eigenvalue weighted by Crippen LogP contribution is -1.83. The quantitative estimate of drug-likeness (QED) is 0.607. The smallest absolute Gasteiger partial charge is 0.115 e. The first-order chi connectivity index (χ1) is 5.27. The molecule has 0 nitrogen and oxygen atoms in total. The first kappa shape index (κ1) is 7.99. The third-order valence-electron chi connectivity index (χ3n) is 1.71. The van der Waals surface area contributed by atoms with Crippen molar-refractivity contribution in [3.05, 3.63) is 41.5 Å². The normalized spacial score (nSPS) is 9.64. The molecule has 0 radical (unpaired) electrons. The van der Waals surface area contributed by atoms with E-state index in [0.717, 1.165) is 16.7 Å². The lowest BCUT2D eigenvalue weighted by atomic mass is 10.1. The topological polar surface area (TPSA) is 0 Å². The molecule has 0 aromatic heterocycles. The Hall–Kier alpha value is -1.11. The molecule has 11 heavy (non-hydrogen) atoms. The number of hydrogen-bond acceptors (Lipinski definition) is 0. The van der Waals surface area contributed by atoms with Gasteiger partial charge in [-0.3, -0.25) is 0 Å². The molecule has 1 aromatic carbocycles. The molecule has 1 heteroatoms. The number of halogens is 1. The molecular weight excluding hydrogens is 139 g/mol. The fourth-order valence-corrected chi connectivity index (χ4v) is 1.05. The Morgan fingerprint density at radius 3 is 2.73 bits per heavy atom. The van der Waals surface area contributed by atoms with Gasteiger partial charge in [0.25, 0.3) is 0 Å². The zero-order valence-electron chi connectivity index (χ0n) is 6.60. The third kappa shape index (κ3) is 1.67. The van der Waals surface area contributed by atoms with Crippen LogP contribution >= 0.6 is 0 Å². The molecule has 0 amide bonds. The summed E-state index contributed by atoms with van der Waals surface area (Å²) in [5, 5.41) is 0. The summed E-state index contributed by atoms with van der Waals surface area (Å²) in [6.45, 7) is 5.22. The van der Waals surface area contributed by atoms with E-state index < -0.39 is 6.67 Å². The van der Waals surface area contributed by atoms with E-state index in [1.54, 1.807) is 12.1 Å². The summed E-state index contributed by atoms with van der Waals surface area (Å²) in [4.78, 5) is 0. The van der Waals surface area contributed by atoms with E-state index in [0.29, 0.717) is 0 Å². The molecule has 0 bridgehead atoms. The Bertz CT molecular complexity index is 264. The second-order valence-corrected chi connectivity index (χ2v) is 2.53. The first-order valence-electron chi connectivity index (χ1n) is 3.56. The molecule has 0 saturated carbocycles. The highest BCUT2D eigenvalue weighted by Gasteiger charge is 1.95. The van der Waals surface area contributed by atoms with Gasteiger partial charge < -0.3 is 0 Å². The Morgan fingerprint density at radius 2 is 2.27 bits per heavy atom. The van der Waals surface area contributed by atoms with E-state index in [2.05, 4.69) is 6.58 Å². The van der Waals surface area contributed by atoms with Crippen LogP contribution in [-0.2, 0) is 6.67 Å². The molecule has 0 atom stereocenters. The van der Waals surface area contributed by atoms with Crippen molar-refractivity contribution in [1.29, 1.82) is 0 Å². The maximum atomic E-state index is 12.1. The summed E-state index contributed by atoms with van der Waals surface area (Å²) in [5.74, 6) is 0. The van der Waals surface area contributed by atoms with Crippen LogP contribution in [0.15, 0.2) is 24.8 Å². The molecule has 0 N–H and O–H groups in total. The molecule has 0 fully saturated rings. The van der Waals surface area contributed by atoms with Gasteiger partial charge in [0.15, 0.2) is 0 Å². The molecule has 0 aliphatic rings. The minimum atomic E-state index is -0.391. The first-order valence-corrected chi connectivity index (χ1v) is 3.56. The lowest BCUT2D eigenvalue weighted by molar-refractivity contribution is 0.485. The van der Waals surface area contributed by atoms with Gasteiger partial charge in [-0.2, -0.15) is 0 Å². The summed E-state index contributed by atoms with van der Waals surface area (Å²) in [6, 6.07) is 5.51. The van der Waals surface area contributed by atoms with E-state index in [1.165, 1.54) is 0 Å². The van der Waals surface area contributed by atoms with E-state index in [-0.39, 0.29) is 0 Å². The second kappa shape index (κ2) is 3.33. The largest absolute Gasteiger partial charge is 0.246 e. The van der Waals surface area contributed by atoms with Crippen molar-refractivity contribution in [2.24, 2.45) is 0 Å². The van der Waals surface area contributed by atoms with Crippen molar-refractivity contribution in [2.75, 3.05) is 0 Å². The van der Waals surface area contributed by atoms with Crippen LogP contribution in [0.5, 0.6) is 0 Å². The Kier molecular flexibility index (Phi) is 2.42. The van der Waals surface area contributed by atoms with Crippen molar-refractivity contribution in [3.8, 4) is 0 Å². The van der Waals surface area contributed by atoms with Crippen LogP contribution < -0.4 is 0 Å². The number of rotatable bonds is 2. The van der Waals surface area contributed by atoms with Gasteiger partial charge in [0.05, 0.1) is 0 Å². The van der Waals surface area contributed by atoms with Crippen LogP contribution in [0, 0.1) is 6.92 Å². The van der Waals surface area contributed by atoms with Gasteiger partial charge in [-0.1, -0.05) is 30.9 Å². The summed E-state index contributed by atoms with van der Waals surface area (Å²) in [5.41, 5.74) is 2.88. The highest BCUT2D eigenvalue weighted by molar-refractivity contribution is 5.52. The van der Waals surface area contributed by atoms with Gasteiger partial charge in [-0.15, -0.1) is 0 Å². The van der Waals surface area contributed by atoms with Crippen molar-refractivity contribution in [1.82, 2.24) is 0 Å². The van der Waals surface area contributed by atoms with Crippen molar-refractivity contribution < 1.29 is 4.39 Å². The molecule has 0 saturated heterocycles. The molecule has 0 aliphatic carbocycles. The SMILES string of the molecule is C=Cc1ccc(CF)cc1C. The van der Waals surface area contributed by atoms with E-state index in [1.807, 2.05) is 19.1 Å². The average molecular weight is 150 g/mol. The second-order valence-electron chi connectivity index (χ2n) is 2.53. The molecule has 0 heterocycles. The fourth-order valence-electron chi connectivity index (χ4n) is 1.05. The average Bonchev–Trinajstić information content (AvgIpc) is 2.04. The third-order valence-corrected chi connectivity index (χ3v) is 1.71. The molecule has 0 spiro atoms. The number of alkyl halides is 1. The van der Waals surface area contributed by atoms with Gasteiger partial charge in [0, 0.05) is 0 Å². The van der Waals surface area contributed by atoms with Crippen LogP contribution in [-0.4, -0.2) is 0 Å². The van der Waals surface area contributed by atoms with Crippen LogP contribution in [0.1, 0.15) is 16.7 Å². The number of aryl methyl sites for hydroxylation is 1. The summed E-state index contributed by atoms with van der Waals surface area (Å²) >= 11 is 0. The minimum Gasteiger partial charge on any atom is -0.246 e. The molecular formula is C10H11F. The monoisotopic (exact) mass is 150 g/mol. The molecule has 0 unspecified atom stereocenters. The van der Waals surface area contributed by atoms with E-state index in [4.69, 9.17) is 0 Å². The summed E-state index contributed by atoms with van der Waals surface area (Å²) < 4.78 is 12.1. The van der Waals surface area contributed by atoms with Crippen LogP contribution in [0.3, 0.4) is 0 Å². The zero-order valence-corrected chi connectivity index (χ0v) is 6.60. The van der Waals surface area contributed by atoms with Crippen molar-refractivity contribution in [2.45, 2.75) is 13.6 Å². The predicted octanol–water partition coefficient (Wildman–Crippen LogP) is 3.11. The summed E-state index contributed by atoms with van der Waals surface area (Å²) in [7, 11) is 0. The maximum Gasteiger partial charge on any atom is 0.115 e. The zero-order chi connectivity index (χ0) is 8.27. The van der Waals surface area contributed by atoms with Crippen molar-refractivity contribution >= 4 is 6.08 Å². The molecule has 1 rings (SSSR count). The maximum absolute atomic E-state index is 12.1. The minimum absolute atomic E-state index is 0.391.